The van der Waals surface area contributed by atoms with Gasteiger partial charge < -0.3 is 6.15 Å². The number of rotatable bonds is 0. The standard InChI is InChI=1S/C3H4N2.Ag.H3N/c1-2-4-5-3-1;;/h1-3H,(H,4,5);;1H3. The zero-order valence-corrected chi connectivity index (χ0v) is 5.17. The molecule has 3 nitrogen and oxygen atoms in total. The Labute approximate surface area is 57.6 Å². The van der Waals surface area contributed by atoms with Crippen LogP contribution in [0.3, 0.4) is 0 Å². The molecular formula is C3H7AgN3. The molecule has 0 saturated heterocycles. The van der Waals surface area contributed by atoms with Crippen LogP contribution < -0.4 is 6.15 Å². The first-order valence-electron chi connectivity index (χ1n) is 1.44. The van der Waals surface area contributed by atoms with Crippen molar-refractivity contribution in [2.75, 3.05) is 0 Å². The Morgan fingerprint density at radius 2 is 2.14 bits per heavy atom. The van der Waals surface area contributed by atoms with Crippen LogP contribution in [0, 0.1) is 0 Å². The minimum absolute atomic E-state index is 0. The van der Waals surface area contributed by atoms with Crippen LogP contribution in [0.25, 0.3) is 0 Å². The van der Waals surface area contributed by atoms with Gasteiger partial charge in [-0.05, 0) is 6.07 Å². The molecule has 0 saturated carbocycles. The Hall–Kier alpha value is -0.0897. The molecule has 0 atom stereocenters. The SMILES string of the molecule is N.[Ag].c1cn[nH]c1. The Balaban J connectivity index is 0. The van der Waals surface area contributed by atoms with Crippen molar-refractivity contribution in [1.82, 2.24) is 16.3 Å². The topological polar surface area (TPSA) is 63.7 Å². The molecule has 1 rings (SSSR count). The monoisotopic (exact) mass is 192 g/mol. The van der Waals surface area contributed by atoms with Crippen LogP contribution in [0.5, 0.6) is 0 Å². The molecule has 4 heteroatoms. The first-order chi connectivity index (χ1) is 2.50. The Morgan fingerprint density at radius 1 is 1.43 bits per heavy atom. The summed E-state index contributed by atoms with van der Waals surface area (Å²) in [5.74, 6) is 0. The van der Waals surface area contributed by atoms with Crippen molar-refractivity contribution in [3.8, 4) is 0 Å². The molecule has 0 aromatic carbocycles. The third-order valence-corrected chi connectivity index (χ3v) is 0.406. The van der Waals surface area contributed by atoms with E-state index in [-0.39, 0.29) is 28.5 Å². The number of H-pyrrole nitrogens is 1. The van der Waals surface area contributed by atoms with E-state index in [1.165, 1.54) is 0 Å². The summed E-state index contributed by atoms with van der Waals surface area (Å²) in [6.45, 7) is 0. The van der Waals surface area contributed by atoms with Crippen LogP contribution in [0.1, 0.15) is 0 Å². The number of nitrogens with zero attached hydrogens (tertiary/aromatic N) is 1. The van der Waals surface area contributed by atoms with Crippen LogP contribution >= 0.6 is 0 Å². The van der Waals surface area contributed by atoms with Gasteiger partial charge in [-0.3, -0.25) is 5.10 Å². The molecule has 1 aromatic heterocycles. The van der Waals surface area contributed by atoms with Gasteiger partial charge in [0.05, 0.1) is 0 Å². The molecule has 0 amide bonds. The van der Waals surface area contributed by atoms with Gasteiger partial charge in [-0.2, -0.15) is 5.10 Å². The van der Waals surface area contributed by atoms with E-state index >= 15 is 0 Å². The maximum atomic E-state index is 3.60. The number of aromatic nitrogens is 2. The van der Waals surface area contributed by atoms with Crippen LogP contribution in [0.4, 0.5) is 0 Å². The van der Waals surface area contributed by atoms with Gasteiger partial charge in [0, 0.05) is 34.8 Å². The minimum atomic E-state index is 0. The van der Waals surface area contributed by atoms with Crippen LogP contribution in [-0.2, 0) is 22.4 Å². The van der Waals surface area contributed by atoms with Crippen molar-refractivity contribution in [1.29, 1.82) is 0 Å². The Morgan fingerprint density at radius 3 is 2.29 bits per heavy atom. The molecule has 0 aliphatic heterocycles. The van der Waals surface area contributed by atoms with Crippen molar-refractivity contribution in [3.05, 3.63) is 18.5 Å². The average Bonchev–Trinajstić information content (AvgIpc) is 1.76. The first-order valence-corrected chi connectivity index (χ1v) is 1.44. The van der Waals surface area contributed by atoms with E-state index < -0.39 is 0 Å². The molecule has 0 spiro atoms. The van der Waals surface area contributed by atoms with Crippen LogP contribution in [0.15, 0.2) is 18.5 Å². The summed E-state index contributed by atoms with van der Waals surface area (Å²) in [5.41, 5.74) is 0. The van der Waals surface area contributed by atoms with Crippen molar-refractivity contribution in [3.63, 3.8) is 0 Å². The molecule has 0 aliphatic rings. The van der Waals surface area contributed by atoms with E-state index in [2.05, 4.69) is 10.2 Å². The number of aromatic amines is 1. The fraction of sp³-hybridized carbons (Fsp3) is 0. The molecule has 7 heavy (non-hydrogen) atoms. The second-order valence-corrected chi connectivity index (χ2v) is 0.766. The summed E-state index contributed by atoms with van der Waals surface area (Å²) >= 11 is 0. The van der Waals surface area contributed by atoms with Gasteiger partial charge in [0.25, 0.3) is 0 Å². The van der Waals surface area contributed by atoms with Gasteiger partial charge in [-0.25, -0.2) is 0 Å². The molecule has 45 valence electrons. The van der Waals surface area contributed by atoms with E-state index in [0.29, 0.717) is 0 Å². The molecule has 0 aliphatic carbocycles. The third kappa shape index (κ3) is 3.75. The second-order valence-electron chi connectivity index (χ2n) is 0.766. The first kappa shape index (κ1) is 10.0. The summed E-state index contributed by atoms with van der Waals surface area (Å²) in [7, 11) is 0. The van der Waals surface area contributed by atoms with Gasteiger partial charge in [0.1, 0.15) is 0 Å². The summed E-state index contributed by atoms with van der Waals surface area (Å²) in [5, 5.41) is 6.21. The van der Waals surface area contributed by atoms with Gasteiger partial charge in [-0.1, -0.05) is 0 Å². The van der Waals surface area contributed by atoms with Gasteiger partial charge in [-0.15, -0.1) is 0 Å². The van der Waals surface area contributed by atoms with Crippen molar-refractivity contribution >= 4 is 0 Å². The summed E-state index contributed by atoms with van der Waals surface area (Å²) in [4.78, 5) is 0. The van der Waals surface area contributed by atoms with Crippen molar-refractivity contribution in [2.24, 2.45) is 0 Å². The van der Waals surface area contributed by atoms with E-state index in [0.717, 1.165) is 0 Å². The maximum absolute atomic E-state index is 3.60. The van der Waals surface area contributed by atoms with Crippen LogP contribution in [0.2, 0.25) is 0 Å². The third-order valence-electron chi connectivity index (χ3n) is 0.406. The molecular weight excluding hydrogens is 186 g/mol. The van der Waals surface area contributed by atoms with Gasteiger partial charge in [0.2, 0.25) is 0 Å². The van der Waals surface area contributed by atoms with E-state index in [1.54, 1.807) is 12.4 Å². The molecule has 4 N–H and O–H groups in total. The summed E-state index contributed by atoms with van der Waals surface area (Å²) in [6.07, 6.45) is 3.46. The van der Waals surface area contributed by atoms with E-state index in [9.17, 15) is 0 Å². The fourth-order valence-corrected chi connectivity index (χ4v) is 0.215. The number of nitrogens with one attached hydrogen (secondary N) is 1. The van der Waals surface area contributed by atoms with Crippen molar-refractivity contribution < 1.29 is 22.4 Å². The fourth-order valence-electron chi connectivity index (χ4n) is 0.215. The van der Waals surface area contributed by atoms with E-state index in [4.69, 9.17) is 0 Å². The predicted octanol–water partition coefficient (Wildman–Crippen LogP) is 0.569. The molecule has 0 bridgehead atoms. The van der Waals surface area contributed by atoms with Crippen LogP contribution in [-0.4, -0.2) is 10.2 Å². The molecule has 1 radical (unpaired) electrons. The maximum Gasteiger partial charge on any atom is 0.0487 e. The molecule has 1 aromatic rings. The zero-order valence-electron chi connectivity index (χ0n) is 3.69. The zero-order chi connectivity index (χ0) is 3.54. The molecule has 0 fully saturated rings. The summed E-state index contributed by atoms with van der Waals surface area (Å²) in [6, 6.07) is 1.83. The number of hydrogen-bond donors (Lipinski definition) is 2. The summed E-state index contributed by atoms with van der Waals surface area (Å²) < 4.78 is 0. The molecule has 1 heterocycles. The van der Waals surface area contributed by atoms with E-state index in [1.807, 2.05) is 6.07 Å². The quantitative estimate of drug-likeness (QED) is 0.591. The van der Waals surface area contributed by atoms with Gasteiger partial charge >= 0.3 is 0 Å². The number of hydrogen-bond acceptors (Lipinski definition) is 2. The normalized spacial score (nSPS) is 5.71. The Kier molecular flexibility index (Phi) is 8.45. The second kappa shape index (κ2) is 5.91. The average molecular weight is 193 g/mol. The molecule has 0 unspecified atom stereocenters. The largest absolute Gasteiger partial charge is 0.344 e. The van der Waals surface area contributed by atoms with Crippen molar-refractivity contribution in [2.45, 2.75) is 0 Å². The smallest absolute Gasteiger partial charge is 0.0487 e. The Bertz CT molecular complexity index is 66.7. The minimum Gasteiger partial charge on any atom is -0.344 e. The van der Waals surface area contributed by atoms with Gasteiger partial charge in [0.15, 0.2) is 0 Å². The predicted molar refractivity (Wildman–Crippen MR) is 23.6 cm³/mol.